The predicted octanol–water partition coefficient (Wildman–Crippen LogP) is 5.26. The molecule has 0 aliphatic heterocycles. The fourth-order valence-electron chi connectivity index (χ4n) is 1.97. The summed E-state index contributed by atoms with van der Waals surface area (Å²) in [5, 5.41) is 0. The molecule has 0 N–H and O–H groups in total. The maximum absolute atomic E-state index is 13.6. The SMILES string of the molecule is CCCCCCCCCOc1cccc(C)c1F. The highest BCUT2D eigenvalue weighted by molar-refractivity contribution is 5.29. The van der Waals surface area contributed by atoms with Crippen LogP contribution in [-0.4, -0.2) is 6.61 Å². The largest absolute Gasteiger partial charge is 0.491 e. The van der Waals surface area contributed by atoms with Crippen molar-refractivity contribution in [1.29, 1.82) is 0 Å². The summed E-state index contributed by atoms with van der Waals surface area (Å²) in [6.07, 6.45) is 8.73. The molecule has 0 saturated heterocycles. The summed E-state index contributed by atoms with van der Waals surface area (Å²) in [6, 6.07) is 5.29. The number of hydrogen-bond acceptors (Lipinski definition) is 1. The Morgan fingerprint density at radius 1 is 1.00 bits per heavy atom. The van der Waals surface area contributed by atoms with Crippen LogP contribution in [0.3, 0.4) is 0 Å². The molecule has 1 aromatic rings. The second-order valence-corrected chi connectivity index (χ2v) is 4.86. The highest BCUT2D eigenvalue weighted by Crippen LogP contribution is 2.20. The van der Waals surface area contributed by atoms with Crippen LogP contribution in [0.4, 0.5) is 4.39 Å². The van der Waals surface area contributed by atoms with Crippen molar-refractivity contribution < 1.29 is 9.13 Å². The number of benzene rings is 1. The smallest absolute Gasteiger partial charge is 0.167 e. The normalized spacial score (nSPS) is 10.6. The lowest BCUT2D eigenvalue weighted by Crippen LogP contribution is -2.00. The molecule has 1 rings (SSSR count). The number of aryl methyl sites for hydroxylation is 1. The van der Waals surface area contributed by atoms with Crippen molar-refractivity contribution in [3.63, 3.8) is 0 Å². The minimum atomic E-state index is -0.222. The summed E-state index contributed by atoms with van der Waals surface area (Å²) in [6.45, 7) is 4.61. The molecule has 0 heterocycles. The Bertz CT molecular complexity index is 336. The van der Waals surface area contributed by atoms with Crippen LogP contribution < -0.4 is 4.74 Å². The number of ether oxygens (including phenoxy) is 1. The zero-order valence-corrected chi connectivity index (χ0v) is 11.7. The molecule has 0 radical (unpaired) electrons. The van der Waals surface area contributed by atoms with Gasteiger partial charge in [-0.05, 0) is 25.0 Å². The lowest BCUT2D eigenvalue weighted by Gasteiger charge is -2.08. The Balaban J connectivity index is 2.09. The minimum absolute atomic E-state index is 0.222. The number of rotatable bonds is 9. The van der Waals surface area contributed by atoms with Crippen LogP contribution in [0.2, 0.25) is 0 Å². The second kappa shape index (κ2) is 8.96. The summed E-state index contributed by atoms with van der Waals surface area (Å²) < 4.78 is 19.1. The van der Waals surface area contributed by atoms with Crippen molar-refractivity contribution in [3.05, 3.63) is 29.6 Å². The van der Waals surface area contributed by atoms with E-state index < -0.39 is 0 Å². The molecule has 1 aromatic carbocycles. The first-order valence-corrected chi connectivity index (χ1v) is 7.13. The van der Waals surface area contributed by atoms with Gasteiger partial charge in [-0.3, -0.25) is 0 Å². The van der Waals surface area contributed by atoms with E-state index in [2.05, 4.69) is 6.92 Å². The van der Waals surface area contributed by atoms with Gasteiger partial charge in [-0.1, -0.05) is 57.6 Å². The van der Waals surface area contributed by atoms with Crippen molar-refractivity contribution >= 4 is 0 Å². The van der Waals surface area contributed by atoms with Gasteiger partial charge < -0.3 is 4.74 Å². The highest BCUT2D eigenvalue weighted by atomic mass is 19.1. The first kappa shape index (κ1) is 15.0. The average Bonchev–Trinajstić information content (AvgIpc) is 2.37. The fourth-order valence-corrected chi connectivity index (χ4v) is 1.97. The molecular weight excluding hydrogens is 227 g/mol. The van der Waals surface area contributed by atoms with Gasteiger partial charge in [0, 0.05) is 0 Å². The van der Waals surface area contributed by atoms with E-state index in [1.807, 2.05) is 6.07 Å². The molecular formula is C16H25FO. The van der Waals surface area contributed by atoms with Crippen LogP contribution in [0.1, 0.15) is 57.4 Å². The van der Waals surface area contributed by atoms with Crippen molar-refractivity contribution in [1.82, 2.24) is 0 Å². The Kier molecular flexibility index (Phi) is 7.47. The van der Waals surface area contributed by atoms with Crippen molar-refractivity contribution in [2.75, 3.05) is 6.61 Å². The molecule has 0 amide bonds. The molecule has 0 unspecified atom stereocenters. The topological polar surface area (TPSA) is 9.23 Å². The quantitative estimate of drug-likeness (QED) is 0.544. The predicted molar refractivity (Wildman–Crippen MR) is 74.6 cm³/mol. The maximum Gasteiger partial charge on any atom is 0.167 e. The van der Waals surface area contributed by atoms with E-state index in [1.54, 1.807) is 19.1 Å². The lowest BCUT2D eigenvalue weighted by molar-refractivity contribution is 0.289. The average molecular weight is 252 g/mol. The monoisotopic (exact) mass is 252 g/mol. The van der Waals surface area contributed by atoms with E-state index in [-0.39, 0.29) is 5.82 Å². The molecule has 0 saturated carbocycles. The van der Waals surface area contributed by atoms with Crippen LogP contribution in [0.5, 0.6) is 5.75 Å². The Morgan fingerprint density at radius 3 is 2.39 bits per heavy atom. The molecule has 0 fully saturated rings. The van der Waals surface area contributed by atoms with Crippen LogP contribution in [0, 0.1) is 12.7 Å². The molecule has 102 valence electrons. The molecule has 1 nitrogen and oxygen atoms in total. The zero-order chi connectivity index (χ0) is 13.2. The molecule has 18 heavy (non-hydrogen) atoms. The second-order valence-electron chi connectivity index (χ2n) is 4.86. The van der Waals surface area contributed by atoms with Crippen LogP contribution in [-0.2, 0) is 0 Å². The van der Waals surface area contributed by atoms with Gasteiger partial charge in [0.2, 0.25) is 0 Å². The molecule has 0 aliphatic carbocycles. The van der Waals surface area contributed by atoms with Gasteiger partial charge in [0.1, 0.15) is 0 Å². The van der Waals surface area contributed by atoms with Gasteiger partial charge in [-0.15, -0.1) is 0 Å². The van der Waals surface area contributed by atoms with Crippen LogP contribution in [0.15, 0.2) is 18.2 Å². The minimum Gasteiger partial charge on any atom is -0.491 e. The zero-order valence-electron chi connectivity index (χ0n) is 11.7. The van der Waals surface area contributed by atoms with E-state index in [4.69, 9.17) is 4.74 Å². The third-order valence-electron chi connectivity index (χ3n) is 3.16. The first-order valence-electron chi connectivity index (χ1n) is 7.13. The van der Waals surface area contributed by atoms with Crippen molar-refractivity contribution in [2.24, 2.45) is 0 Å². The van der Waals surface area contributed by atoms with Gasteiger partial charge in [-0.2, -0.15) is 0 Å². The standard InChI is InChI=1S/C16H25FO/c1-3-4-5-6-7-8-9-13-18-15-12-10-11-14(2)16(15)17/h10-12H,3-9,13H2,1-2H3. The summed E-state index contributed by atoms with van der Waals surface area (Å²) >= 11 is 0. The molecule has 0 atom stereocenters. The van der Waals surface area contributed by atoms with E-state index in [9.17, 15) is 4.39 Å². The molecule has 2 heteroatoms. The molecule has 0 aromatic heterocycles. The lowest BCUT2D eigenvalue weighted by atomic mass is 10.1. The first-order chi connectivity index (χ1) is 8.75. The van der Waals surface area contributed by atoms with E-state index in [1.165, 1.54) is 38.5 Å². The third kappa shape index (κ3) is 5.52. The fraction of sp³-hybridized carbons (Fsp3) is 0.625. The molecule has 0 aliphatic rings. The van der Waals surface area contributed by atoms with Gasteiger partial charge in [0.05, 0.1) is 6.61 Å². The maximum atomic E-state index is 13.6. The Hall–Kier alpha value is -1.05. The Labute approximate surface area is 110 Å². The summed E-state index contributed by atoms with van der Waals surface area (Å²) in [4.78, 5) is 0. The molecule has 0 spiro atoms. The molecule has 0 bridgehead atoms. The summed E-state index contributed by atoms with van der Waals surface area (Å²) in [5.41, 5.74) is 0.645. The van der Waals surface area contributed by atoms with Crippen LogP contribution in [0.25, 0.3) is 0 Å². The van der Waals surface area contributed by atoms with E-state index >= 15 is 0 Å². The van der Waals surface area contributed by atoms with E-state index in [0.717, 1.165) is 6.42 Å². The van der Waals surface area contributed by atoms with Crippen LogP contribution >= 0.6 is 0 Å². The summed E-state index contributed by atoms with van der Waals surface area (Å²) in [7, 11) is 0. The van der Waals surface area contributed by atoms with Gasteiger partial charge >= 0.3 is 0 Å². The number of unbranched alkanes of at least 4 members (excludes halogenated alkanes) is 6. The van der Waals surface area contributed by atoms with Crippen molar-refractivity contribution in [2.45, 2.75) is 58.8 Å². The number of halogens is 1. The third-order valence-corrected chi connectivity index (χ3v) is 3.16. The van der Waals surface area contributed by atoms with Gasteiger partial charge in [0.25, 0.3) is 0 Å². The summed E-state index contributed by atoms with van der Waals surface area (Å²) in [5.74, 6) is 0.168. The highest BCUT2D eigenvalue weighted by Gasteiger charge is 2.04. The van der Waals surface area contributed by atoms with Gasteiger partial charge in [0.15, 0.2) is 11.6 Å². The Morgan fingerprint density at radius 2 is 1.67 bits per heavy atom. The van der Waals surface area contributed by atoms with E-state index in [0.29, 0.717) is 17.9 Å². The van der Waals surface area contributed by atoms with Crippen molar-refractivity contribution in [3.8, 4) is 5.75 Å². The number of hydrogen-bond donors (Lipinski definition) is 0. The van der Waals surface area contributed by atoms with Gasteiger partial charge in [-0.25, -0.2) is 4.39 Å².